The molecular weight excluding hydrogens is 152 g/mol. The Morgan fingerprint density at radius 3 is 1.91 bits per heavy atom. The Hall–Kier alpha value is -0.170. The Kier molecular flexibility index (Phi) is 4.58. The first-order valence-electron chi connectivity index (χ1n) is 3.96. The Labute approximate surface area is 74.8 Å². The highest BCUT2D eigenvalue weighted by Crippen LogP contribution is 2.28. The lowest BCUT2D eigenvalue weighted by molar-refractivity contribution is 0.765. The van der Waals surface area contributed by atoms with Crippen LogP contribution in [0.4, 0.5) is 0 Å². The van der Waals surface area contributed by atoms with E-state index < -0.39 is 0 Å². The van der Waals surface area contributed by atoms with Crippen molar-refractivity contribution >= 4 is 11.8 Å². The van der Waals surface area contributed by atoms with Gasteiger partial charge in [-0.15, -0.1) is 11.8 Å². The summed E-state index contributed by atoms with van der Waals surface area (Å²) < 4.78 is 0. The first-order chi connectivity index (χ1) is 4.95. The molecule has 11 heavy (non-hydrogen) atoms. The van der Waals surface area contributed by atoms with Crippen LogP contribution in [0.2, 0.25) is 0 Å². The monoisotopic (exact) mass is 170 g/mol. The second kappa shape index (κ2) is 4.66. The van der Waals surface area contributed by atoms with Gasteiger partial charge in [-0.25, -0.2) is 0 Å². The molecule has 0 aromatic heterocycles. The van der Waals surface area contributed by atoms with Crippen LogP contribution in [0.15, 0.2) is 22.0 Å². The van der Waals surface area contributed by atoms with Crippen molar-refractivity contribution in [2.24, 2.45) is 5.92 Å². The molecule has 0 saturated carbocycles. The molecule has 0 saturated heterocycles. The largest absolute Gasteiger partial charge is 0.100 e. The molecule has 0 rings (SSSR count). The molecule has 0 bridgehead atoms. The molecule has 0 N–H and O–H groups in total. The van der Waals surface area contributed by atoms with Crippen molar-refractivity contribution < 1.29 is 0 Å². The molecule has 0 aliphatic carbocycles. The SMILES string of the molecule is C=C(C)S/C(C)=C(\C)C(C)C. The summed E-state index contributed by atoms with van der Waals surface area (Å²) in [5, 5.41) is 0. The molecule has 0 aliphatic heterocycles. The summed E-state index contributed by atoms with van der Waals surface area (Å²) in [5.74, 6) is 0.654. The molecular formula is C10H18S. The number of hydrogen-bond acceptors (Lipinski definition) is 1. The van der Waals surface area contributed by atoms with Crippen molar-refractivity contribution in [1.29, 1.82) is 0 Å². The number of allylic oxidation sites excluding steroid dienone is 3. The second-order valence-corrected chi connectivity index (χ2v) is 4.71. The summed E-state index contributed by atoms with van der Waals surface area (Å²) in [6.45, 7) is 14.7. The van der Waals surface area contributed by atoms with Crippen molar-refractivity contribution in [3.63, 3.8) is 0 Å². The third kappa shape index (κ3) is 4.31. The molecule has 0 atom stereocenters. The van der Waals surface area contributed by atoms with Crippen molar-refractivity contribution in [2.75, 3.05) is 0 Å². The molecule has 0 aliphatic rings. The van der Waals surface area contributed by atoms with Gasteiger partial charge in [0, 0.05) is 0 Å². The minimum Gasteiger partial charge on any atom is -0.100 e. The van der Waals surface area contributed by atoms with Gasteiger partial charge in [0.15, 0.2) is 0 Å². The van der Waals surface area contributed by atoms with Crippen LogP contribution in [0.1, 0.15) is 34.6 Å². The summed E-state index contributed by atoms with van der Waals surface area (Å²) in [7, 11) is 0. The molecule has 0 amide bonds. The first kappa shape index (κ1) is 10.8. The molecule has 0 heterocycles. The van der Waals surface area contributed by atoms with Gasteiger partial charge in [0.25, 0.3) is 0 Å². The van der Waals surface area contributed by atoms with Crippen LogP contribution >= 0.6 is 11.8 Å². The van der Waals surface area contributed by atoms with E-state index in [9.17, 15) is 0 Å². The fourth-order valence-electron chi connectivity index (χ4n) is 0.748. The molecule has 0 spiro atoms. The lowest BCUT2D eigenvalue weighted by atomic mass is 10.1. The molecule has 0 nitrogen and oxygen atoms in total. The van der Waals surface area contributed by atoms with Gasteiger partial charge >= 0.3 is 0 Å². The van der Waals surface area contributed by atoms with Gasteiger partial charge in [0.1, 0.15) is 0 Å². The highest BCUT2D eigenvalue weighted by Gasteiger charge is 2.01. The summed E-state index contributed by atoms with van der Waals surface area (Å²) in [6.07, 6.45) is 0. The van der Waals surface area contributed by atoms with Crippen LogP contribution in [0.3, 0.4) is 0 Å². The predicted octanol–water partition coefficient (Wildman–Crippen LogP) is 4.20. The number of thioether (sulfide) groups is 1. The maximum atomic E-state index is 3.87. The van der Waals surface area contributed by atoms with Gasteiger partial charge in [0.05, 0.1) is 0 Å². The molecule has 0 unspecified atom stereocenters. The van der Waals surface area contributed by atoms with E-state index in [1.165, 1.54) is 15.4 Å². The zero-order chi connectivity index (χ0) is 9.02. The van der Waals surface area contributed by atoms with E-state index in [1.54, 1.807) is 11.8 Å². The molecule has 0 radical (unpaired) electrons. The molecule has 0 aromatic rings. The minimum atomic E-state index is 0.654. The lowest BCUT2D eigenvalue weighted by Gasteiger charge is -2.09. The van der Waals surface area contributed by atoms with Crippen molar-refractivity contribution in [1.82, 2.24) is 0 Å². The topological polar surface area (TPSA) is 0 Å². The van der Waals surface area contributed by atoms with Crippen molar-refractivity contribution in [2.45, 2.75) is 34.6 Å². The van der Waals surface area contributed by atoms with Gasteiger partial charge in [-0.05, 0) is 36.5 Å². The third-order valence-electron chi connectivity index (χ3n) is 1.75. The van der Waals surface area contributed by atoms with Crippen LogP contribution in [0.25, 0.3) is 0 Å². The van der Waals surface area contributed by atoms with Gasteiger partial charge < -0.3 is 0 Å². The average molecular weight is 170 g/mol. The van der Waals surface area contributed by atoms with E-state index in [0.29, 0.717) is 5.92 Å². The lowest BCUT2D eigenvalue weighted by Crippen LogP contribution is -1.90. The summed E-state index contributed by atoms with van der Waals surface area (Å²) in [5.41, 5.74) is 1.47. The van der Waals surface area contributed by atoms with E-state index in [0.717, 1.165) is 0 Å². The number of hydrogen-bond donors (Lipinski definition) is 0. The molecule has 0 fully saturated rings. The van der Waals surface area contributed by atoms with Crippen LogP contribution in [-0.2, 0) is 0 Å². The first-order valence-corrected chi connectivity index (χ1v) is 4.77. The Morgan fingerprint density at radius 2 is 1.64 bits per heavy atom. The van der Waals surface area contributed by atoms with Crippen molar-refractivity contribution in [3.8, 4) is 0 Å². The normalized spacial score (nSPS) is 13.3. The Balaban J connectivity index is 4.28. The van der Waals surface area contributed by atoms with Crippen LogP contribution in [-0.4, -0.2) is 0 Å². The van der Waals surface area contributed by atoms with E-state index >= 15 is 0 Å². The number of rotatable bonds is 3. The second-order valence-electron chi connectivity index (χ2n) is 3.20. The summed E-state index contributed by atoms with van der Waals surface area (Å²) in [4.78, 5) is 2.56. The standard InChI is InChI=1S/C10H18S/c1-7(2)9(5)10(6)11-8(3)4/h7H,3H2,1-2,4-6H3/b10-9+. The van der Waals surface area contributed by atoms with Crippen LogP contribution < -0.4 is 0 Å². The van der Waals surface area contributed by atoms with Gasteiger partial charge in [-0.1, -0.05) is 26.0 Å². The van der Waals surface area contributed by atoms with Gasteiger partial charge in [-0.2, -0.15) is 0 Å². The molecule has 1 heteroatoms. The Bertz CT molecular complexity index is 175. The van der Waals surface area contributed by atoms with E-state index in [2.05, 4.69) is 34.3 Å². The zero-order valence-electron chi connectivity index (χ0n) is 8.19. The zero-order valence-corrected chi connectivity index (χ0v) is 9.01. The Morgan fingerprint density at radius 1 is 1.18 bits per heavy atom. The van der Waals surface area contributed by atoms with Crippen LogP contribution in [0, 0.1) is 5.92 Å². The average Bonchev–Trinajstić information content (AvgIpc) is 1.84. The fourth-order valence-corrected chi connectivity index (χ4v) is 1.67. The smallest absolute Gasteiger partial charge is 0.0145 e. The summed E-state index contributed by atoms with van der Waals surface area (Å²) >= 11 is 1.78. The fraction of sp³-hybridized carbons (Fsp3) is 0.600. The highest BCUT2D eigenvalue weighted by molar-refractivity contribution is 8.06. The third-order valence-corrected chi connectivity index (χ3v) is 2.73. The maximum Gasteiger partial charge on any atom is -0.0145 e. The molecule has 64 valence electrons. The van der Waals surface area contributed by atoms with Gasteiger partial charge in [-0.3, -0.25) is 0 Å². The van der Waals surface area contributed by atoms with Crippen LogP contribution in [0.5, 0.6) is 0 Å². The van der Waals surface area contributed by atoms with Crippen molar-refractivity contribution in [3.05, 3.63) is 22.0 Å². The van der Waals surface area contributed by atoms with Gasteiger partial charge in [0.2, 0.25) is 0 Å². The van der Waals surface area contributed by atoms with E-state index in [-0.39, 0.29) is 0 Å². The molecule has 0 aromatic carbocycles. The van der Waals surface area contributed by atoms with E-state index in [4.69, 9.17) is 0 Å². The quantitative estimate of drug-likeness (QED) is 0.611. The highest BCUT2D eigenvalue weighted by atomic mass is 32.2. The van der Waals surface area contributed by atoms with E-state index in [1.807, 2.05) is 6.92 Å². The predicted molar refractivity (Wildman–Crippen MR) is 55.6 cm³/mol. The summed E-state index contributed by atoms with van der Waals surface area (Å²) in [6, 6.07) is 0. The maximum absolute atomic E-state index is 3.87. The minimum absolute atomic E-state index is 0.654.